The molecule has 1 fully saturated rings. The van der Waals surface area contributed by atoms with Gasteiger partial charge in [-0.3, -0.25) is 4.99 Å². The van der Waals surface area contributed by atoms with Crippen molar-refractivity contribution >= 4 is 5.84 Å². The number of benzene rings is 1. The van der Waals surface area contributed by atoms with Crippen LogP contribution in [0.3, 0.4) is 0 Å². The van der Waals surface area contributed by atoms with E-state index in [2.05, 4.69) is 41.5 Å². The minimum absolute atomic E-state index is 0.379. The van der Waals surface area contributed by atoms with Gasteiger partial charge in [-0.25, -0.2) is 0 Å². The molecule has 0 aromatic heterocycles. The van der Waals surface area contributed by atoms with Crippen molar-refractivity contribution < 1.29 is 0 Å². The Morgan fingerprint density at radius 2 is 2.00 bits per heavy atom. The zero-order chi connectivity index (χ0) is 11.7. The third-order valence-corrected chi connectivity index (χ3v) is 4.22. The summed E-state index contributed by atoms with van der Waals surface area (Å²) in [5.74, 6) is 1.23. The first kappa shape index (κ1) is 10.8. The summed E-state index contributed by atoms with van der Waals surface area (Å²) in [6.07, 6.45) is 5.10. The van der Waals surface area contributed by atoms with Crippen LogP contribution in [-0.4, -0.2) is 18.9 Å². The van der Waals surface area contributed by atoms with Gasteiger partial charge in [0.1, 0.15) is 0 Å². The fraction of sp³-hybridized carbons (Fsp3) is 0.533. The number of rotatable bonds is 3. The highest BCUT2D eigenvalue weighted by atomic mass is 15.1. The second-order valence-corrected chi connectivity index (χ2v) is 5.43. The van der Waals surface area contributed by atoms with Crippen LogP contribution in [-0.2, 0) is 5.41 Å². The minimum atomic E-state index is 0.379. The summed E-state index contributed by atoms with van der Waals surface area (Å²) in [5.41, 5.74) is 3.23. The number of nitrogens with zero attached hydrogens (tertiary/aromatic N) is 1. The number of nitrogens with one attached hydrogen (secondary N) is 1. The molecule has 1 aliphatic heterocycles. The molecule has 90 valence electrons. The van der Waals surface area contributed by atoms with E-state index >= 15 is 0 Å². The highest BCUT2D eigenvalue weighted by Crippen LogP contribution is 2.46. The second-order valence-electron chi connectivity index (χ2n) is 5.43. The maximum atomic E-state index is 4.55. The molecule has 1 aliphatic carbocycles. The quantitative estimate of drug-likeness (QED) is 0.845. The van der Waals surface area contributed by atoms with Crippen molar-refractivity contribution in [1.29, 1.82) is 0 Å². The van der Waals surface area contributed by atoms with Crippen molar-refractivity contribution in [3.63, 3.8) is 0 Å². The van der Waals surface area contributed by atoms with Crippen molar-refractivity contribution in [2.45, 2.75) is 38.0 Å². The fourth-order valence-electron chi connectivity index (χ4n) is 2.96. The number of aryl methyl sites for hydroxylation is 1. The highest BCUT2D eigenvalue weighted by molar-refractivity contribution is 5.85. The zero-order valence-corrected chi connectivity index (χ0v) is 10.5. The van der Waals surface area contributed by atoms with E-state index < -0.39 is 0 Å². The Morgan fingerprint density at radius 3 is 2.53 bits per heavy atom. The first-order valence-electron chi connectivity index (χ1n) is 6.63. The molecule has 2 heteroatoms. The van der Waals surface area contributed by atoms with E-state index in [1.165, 1.54) is 36.2 Å². The van der Waals surface area contributed by atoms with Crippen LogP contribution in [0.25, 0.3) is 0 Å². The molecule has 0 amide bonds. The normalized spacial score (nSPS) is 21.6. The molecule has 0 unspecified atom stereocenters. The molecule has 3 rings (SSSR count). The second kappa shape index (κ2) is 4.17. The van der Waals surface area contributed by atoms with E-state index in [0.717, 1.165) is 19.5 Å². The van der Waals surface area contributed by atoms with Gasteiger partial charge in [0.2, 0.25) is 0 Å². The van der Waals surface area contributed by atoms with Gasteiger partial charge in [0, 0.05) is 18.4 Å². The van der Waals surface area contributed by atoms with Crippen LogP contribution >= 0.6 is 0 Å². The summed E-state index contributed by atoms with van der Waals surface area (Å²) in [6.45, 7) is 4.14. The molecule has 0 spiro atoms. The van der Waals surface area contributed by atoms with Gasteiger partial charge in [-0.1, -0.05) is 36.2 Å². The molecule has 1 heterocycles. The van der Waals surface area contributed by atoms with Crippen LogP contribution in [0.4, 0.5) is 0 Å². The van der Waals surface area contributed by atoms with Gasteiger partial charge in [-0.2, -0.15) is 0 Å². The van der Waals surface area contributed by atoms with E-state index in [0.29, 0.717) is 5.41 Å². The first-order valence-corrected chi connectivity index (χ1v) is 6.63. The molecule has 0 bridgehead atoms. The SMILES string of the molecule is Cc1ccc(C2(CC3=NCCN3)CCC2)cc1. The maximum absolute atomic E-state index is 4.55. The molecule has 1 saturated carbocycles. The van der Waals surface area contributed by atoms with Gasteiger partial charge < -0.3 is 5.32 Å². The van der Waals surface area contributed by atoms with Crippen LogP contribution in [0.1, 0.15) is 36.8 Å². The maximum Gasteiger partial charge on any atom is 0.0973 e. The smallest absolute Gasteiger partial charge is 0.0973 e. The molecule has 1 aromatic rings. The van der Waals surface area contributed by atoms with Crippen LogP contribution in [0.15, 0.2) is 29.3 Å². The Kier molecular flexibility index (Phi) is 2.65. The van der Waals surface area contributed by atoms with Crippen molar-refractivity contribution in [2.75, 3.05) is 13.1 Å². The van der Waals surface area contributed by atoms with Crippen LogP contribution in [0.2, 0.25) is 0 Å². The van der Waals surface area contributed by atoms with Crippen LogP contribution < -0.4 is 5.32 Å². The monoisotopic (exact) mass is 228 g/mol. The molecule has 17 heavy (non-hydrogen) atoms. The Morgan fingerprint density at radius 1 is 1.24 bits per heavy atom. The largest absolute Gasteiger partial charge is 0.372 e. The Balaban J connectivity index is 1.83. The summed E-state index contributed by atoms with van der Waals surface area (Å²) in [6, 6.07) is 9.09. The van der Waals surface area contributed by atoms with Crippen molar-refractivity contribution in [3.8, 4) is 0 Å². The van der Waals surface area contributed by atoms with E-state index in [1.54, 1.807) is 0 Å². The Bertz CT molecular complexity index is 427. The van der Waals surface area contributed by atoms with E-state index in [4.69, 9.17) is 0 Å². The topological polar surface area (TPSA) is 24.4 Å². The molecule has 0 radical (unpaired) electrons. The summed E-state index contributed by atoms with van der Waals surface area (Å²) < 4.78 is 0. The van der Waals surface area contributed by atoms with Gasteiger partial charge in [-0.05, 0) is 25.3 Å². The van der Waals surface area contributed by atoms with E-state index in [9.17, 15) is 0 Å². The molecule has 2 aliphatic rings. The predicted octanol–water partition coefficient (Wildman–Crippen LogP) is 2.81. The lowest BCUT2D eigenvalue weighted by atomic mass is 9.62. The first-order chi connectivity index (χ1) is 8.28. The molecule has 1 aromatic carbocycles. The lowest BCUT2D eigenvalue weighted by Gasteiger charge is -2.42. The van der Waals surface area contributed by atoms with E-state index in [1.807, 2.05) is 0 Å². The number of hydrogen-bond acceptors (Lipinski definition) is 2. The van der Waals surface area contributed by atoms with Crippen LogP contribution in [0.5, 0.6) is 0 Å². The minimum Gasteiger partial charge on any atom is -0.372 e. The van der Waals surface area contributed by atoms with Crippen molar-refractivity contribution in [1.82, 2.24) is 5.32 Å². The molecular weight excluding hydrogens is 208 g/mol. The molecular formula is C15H20N2. The number of aliphatic imine (C=N–C) groups is 1. The van der Waals surface area contributed by atoms with Gasteiger partial charge in [0.05, 0.1) is 12.4 Å². The predicted molar refractivity (Wildman–Crippen MR) is 71.6 cm³/mol. The lowest BCUT2D eigenvalue weighted by Crippen LogP contribution is -2.39. The van der Waals surface area contributed by atoms with Gasteiger partial charge in [0.25, 0.3) is 0 Å². The Hall–Kier alpha value is -1.31. The molecule has 1 N–H and O–H groups in total. The Labute approximate surface area is 103 Å². The van der Waals surface area contributed by atoms with Gasteiger partial charge in [-0.15, -0.1) is 0 Å². The molecule has 0 atom stereocenters. The summed E-state index contributed by atoms with van der Waals surface area (Å²) in [7, 11) is 0. The van der Waals surface area contributed by atoms with Crippen molar-refractivity contribution in [3.05, 3.63) is 35.4 Å². The zero-order valence-electron chi connectivity index (χ0n) is 10.5. The lowest BCUT2D eigenvalue weighted by molar-refractivity contribution is 0.252. The fourth-order valence-corrected chi connectivity index (χ4v) is 2.96. The van der Waals surface area contributed by atoms with Crippen LogP contribution in [0, 0.1) is 6.92 Å². The highest BCUT2D eigenvalue weighted by Gasteiger charge is 2.39. The molecule has 0 saturated heterocycles. The van der Waals surface area contributed by atoms with E-state index in [-0.39, 0.29) is 0 Å². The van der Waals surface area contributed by atoms with Crippen molar-refractivity contribution in [2.24, 2.45) is 4.99 Å². The number of amidine groups is 1. The van der Waals surface area contributed by atoms with Gasteiger partial charge in [0.15, 0.2) is 0 Å². The summed E-state index contributed by atoms with van der Waals surface area (Å²) in [5, 5.41) is 3.41. The third-order valence-electron chi connectivity index (χ3n) is 4.22. The standard InChI is InChI=1S/C15H20N2/c1-12-3-5-13(6-4-12)15(7-2-8-15)11-14-16-9-10-17-14/h3-6H,2,7-11H2,1H3,(H,16,17). The average Bonchev–Trinajstić information content (AvgIpc) is 2.77. The van der Waals surface area contributed by atoms with Gasteiger partial charge >= 0.3 is 0 Å². The summed E-state index contributed by atoms with van der Waals surface area (Å²) >= 11 is 0. The summed E-state index contributed by atoms with van der Waals surface area (Å²) in [4.78, 5) is 4.55. The average molecular weight is 228 g/mol. The third kappa shape index (κ3) is 1.97. The molecule has 2 nitrogen and oxygen atoms in total. The number of hydrogen-bond donors (Lipinski definition) is 1.